The summed E-state index contributed by atoms with van der Waals surface area (Å²) >= 11 is 1.78. The van der Waals surface area contributed by atoms with Gasteiger partial charge in [-0.15, -0.1) is 11.3 Å². The van der Waals surface area contributed by atoms with Gasteiger partial charge in [-0.1, -0.05) is 152 Å². The Morgan fingerprint density at radius 2 is 0.755 bits per heavy atom. The fourth-order valence-corrected chi connectivity index (χ4v) is 7.68. The van der Waals surface area contributed by atoms with Crippen LogP contribution in [-0.4, -0.2) is 15.0 Å². The van der Waals surface area contributed by atoms with Gasteiger partial charge in [-0.25, -0.2) is 15.0 Å². The van der Waals surface area contributed by atoms with Gasteiger partial charge in [-0.2, -0.15) is 0 Å². The van der Waals surface area contributed by atoms with Gasteiger partial charge in [0.25, 0.3) is 0 Å². The summed E-state index contributed by atoms with van der Waals surface area (Å²) in [5.74, 6) is 1.98. The average Bonchev–Trinajstić information content (AvgIpc) is 3.58. The molecule has 0 bridgehead atoms. The second-order valence-corrected chi connectivity index (χ2v) is 13.1. The summed E-state index contributed by atoms with van der Waals surface area (Å²) in [7, 11) is 0. The van der Waals surface area contributed by atoms with E-state index < -0.39 is 0 Å². The Bertz CT molecular complexity index is 2590. The van der Waals surface area contributed by atoms with Gasteiger partial charge >= 0.3 is 0 Å². The summed E-state index contributed by atoms with van der Waals surface area (Å²) in [5, 5.41) is 2.48. The van der Waals surface area contributed by atoms with Crippen molar-refractivity contribution >= 4 is 31.5 Å². The van der Waals surface area contributed by atoms with Crippen molar-refractivity contribution in [3.05, 3.63) is 176 Å². The van der Waals surface area contributed by atoms with E-state index in [1.807, 2.05) is 18.2 Å². The van der Waals surface area contributed by atoms with E-state index in [0.717, 1.165) is 27.8 Å². The van der Waals surface area contributed by atoms with Gasteiger partial charge in [0.1, 0.15) is 0 Å². The SMILES string of the molecule is c1ccc(-c2cccc(-c3ccc(-c4cccc(-c5nc(-c6ccccc6)nc(-c6cccc7c6sc6ccccc67)n5)c4)cc3)c2)cc1. The van der Waals surface area contributed by atoms with Crippen molar-refractivity contribution in [1.29, 1.82) is 0 Å². The van der Waals surface area contributed by atoms with Crippen LogP contribution in [0.1, 0.15) is 0 Å². The van der Waals surface area contributed by atoms with Gasteiger partial charge in [-0.3, -0.25) is 0 Å². The van der Waals surface area contributed by atoms with E-state index in [0.29, 0.717) is 17.5 Å². The maximum absolute atomic E-state index is 5.13. The number of thiophene rings is 1. The predicted octanol–water partition coefficient (Wildman–Crippen LogP) is 12.2. The van der Waals surface area contributed by atoms with Crippen molar-refractivity contribution in [1.82, 2.24) is 15.0 Å². The topological polar surface area (TPSA) is 38.7 Å². The molecule has 9 aromatic rings. The maximum Gasteiger partial charge on any atom is 0.165 e. The summed E-state index contributed by atoms with van der Waals surface area (Å²) in [5.41, 5.74) is 9.97. The Balaban J connectivity index is 1.11. The maximum atomic E-state index is 5.13. The lowest BCUT2D eigenvalue weighted by Gasteiger charge is -2.11. The van der Waals surface area contributed by atoms with Crippen LogP contribution in [0.5, 0.6) is 0 Å². The molecular weight excluding hydrogens is 615 g/mol. The zero-order valence-electron chi connectivity index (χ0n) is 26.5. The van der Waals surface area contributed by atoms with Gasteiger partial charge in [-0.05, 0) is 57.6 Å². The smallest absolute Gasteiger partial charge is 0.165 e. The van der Waals surface area contributed by atoms with Crippen molar-refractivity contribution < 1.29 is 0 Å². The van der Waals surface area contributed by atoms with Gasteiger partial charge in [0.15, 0.2) is 17.5 Å². The largest absolute Gasteiger partial charge is 0.208 e. The molecule has 0 radical (unpaired) electrons. The highest BCUT2D eigenvalue weighted by Gasteiger charge is 2.17. The van der Waals surface area contributed by atoms with E-state index >= 15 is 0 Å². The van der Waals surface area contributed by atoms with Crippen LogP contribution >= 0.6 is 11.3 Å². The van der Waals surface area contributed by atoms with Gasteiger partial charge < -0.3 is 0 Å². The highest BCUT2D eigenvalue weighted by Crippen LogP contribution is 2.39. The van der Waals surface area contributed by atoms with Crippen LogP contribution in [0.2, 0.25) is 0 Å². The molecular formula is C45H29N3S. The molecule has 0 aliphatic rings. The highest BCUT2D eigenvalue weighted by molar-refractivity contribution is 7.26. The zero-order chi connectivity index (χ0) is 32.6. The summed E-state index contributed by atoms with van der Waals surface area (Å²) < 4.78 is 2.44. The standard InChI is InChI=1S/C45H29N3S/c1-3-12-30(13-4-1)34-16-9-17-35(28-34)31-24-26-32(27-25-31)36-18-10-19-37(29-36)44-46-43(33-14-5-2-6-15-33)47-45(48-44)40-22-11-21-39-38-20-7-8-23-41(38)49-42(39)40/h1-29H. The molecule has 0 N–H and O–H groups in total. The minimum absolute atomic E-state index is 0.651. The number of rotatable bonds is 6. The third-order valence-corrected chi connectivity index (χ3v) is 10.2. The van der Waals surface area contributed by atoms with Gasteiger partial charge in [0.05, 0.1) is 0 Å². The number of fused-ring (bicyclic) bond motifs is 3. The van der Waals surface area contributed by atoms with Crippen LogP contribution < -0.4 is 0 Å². The van der Waals surface area contributed by atoms with Crippen LogP contribution in [0.15, 0.2) is 176 Å². The first-order valence-electron chi connectivity index (χ1n) is 16.4. The third-order valence-electron chi connectivity index (χ3n) is 8.95. The molecule has 4 heteroatoms. The van der Waals surface area contributed by atoms with Crippen molar-refractivity contribution in [3.63, 3.8) is 0 Å². The zero-order valence-corrected chi connectivity index (χ0v) is 27.3. The molecule has 0 aliphatic heterocycles. The van der Waals surface area contributed by atoms with Crippen molar-refractivity contribution in [3.8, 4) is 67.5 Å². The number of hydrogen-bond donors (Lipinski definition) is 0. The first-order chi connectivity index (χ1) is 24.3. The van der Waals surface area contributed by atoms with Gasteiger partial charge in [0, 0.05) is 36.9 Å². The van der Waals surface area contributed by atoms with E-state index in [4.69, 9.17) is 15.0 Å². The minimum atomic E-state index is 0.651. The first kappa shape index (κ1) is 29.0. The van der Waals surface area contributed by atoms with E-state index in [2.05, 4.69) is 158 Å². The van der Waals surface area contributed by atoms with Crippen LogP contribution in [0.3, 0.4) is 0 Å². The quantitative estimate of drug-likeness (QED) is 0.181. The Hall–Kier alpha value is -6.23. The lowest BCUT2D eigenvalue weighted by atomic mass is 9.96. The molecule has 0 aliphatic carbocycles. The molecule has 0 unspecified atom stereocenters. The summed E-state index contributed by atoms with van der Waals surface area (Å²) in [6.07, 6.45) is 0. The molecule has 7 aromatic carbocycles. The average molecular weight is 644 g/mol. The van der Waals surface area contributed by atoms with Gasteiger partial charge in [0.2, 0.25) is 0 Å². The van der Waals surface area contributed by atoms with Crippen molar-refractivity contribution in [2.45, 2.75) is 0 Å². The Kier molecular flexibility index (Phi) is 7.34. The highest BCUT2D eigenvalue weighted by atomic mass is 32.1. The molecule has 0 saturated heterocycles. The van der Waals surface area contributed by atoms with Crippen LogP contribution in [0.25, 0.3) is 87.7 Å². The molecule has 0 fully saturated rings. The fourth-order valence-electron chi connectivity index (χ4n) is 6.47. The molecule has 2 aromatic heterocycles. The molecule has 0 amide bonds. The molecule has 0 spiro atoms. The summed E-state index contributed by atoms with van der Waals surface area (Å²) in [6.45, 7) is 0. The number of hydrogen-bond acceptors (Lipinski definition) is 4. The molecule has 3 nitrogen and oxygen atoms in total. The molecule has 9 rings (SSSR count). The van der Waals surface area contributed by atoms with Crippen molar-refractivity contribution in [2.24, 2.45) is 0 Å². The van der Waals surface area contributed by atoms with Crippen molar-refractivity contribution in [2.75, 3.05) is 0 Å². The number of benzene rings is 7. The summed E-state index contributed by atoms with van der Waals surface area (Å²) in [4.78, 5) is 15.2. The minimum Gasteiger partial charge on any atom is -0.208 e. The fraction of sp³-hybridized carbons (Fsp3) is 0. The number of nitrogens with zero attached hydrogens (tertiary/aromatic N) is 3. The summed E-state index contributed by atoms with van der Waals surface area (Å²) in [6, 6.07) is 61.6. The Morgan fingerprint density at radius 1 is 0.306 bits per heavy atom. The van der Waals surface area contributed by atoms with E-state index in [1.165, 1.54) is 42.4 Å². The van der Waals surface area contributed by atoms with Crippen LogP contribution in [-0.2, 0) is 0 Å². The molecule has 2 heterocycles. The van der Waals surface area contributed by atoms with Crippen LogP contribution in [0, 0.1) is 0 Å². The lowest BCUT2D eigenvalue weighted by Crippen LogP contribution is -2.00. The molecule has 0 saturated carbocycles. The normalized spacial score (nSPS) is 11.3. The van der Waals surface area contributed by atoms with Crippen LogP contribution in [0.4, 0.5) is 0 Å². The Labute approximate surface area is 288 Å². The number of aromatic nitrogens is 3. The van der Waals surface area contributed by atoms with E-state index in [1.54, 1.807) is 11.3 Å². The second kappa shape index (κ2) is 12.4. The Morgan fingerprint density at radius 3 is 1.43 bits per heavy atom. The third kappa shape index (κ3) is 5.58. The van der Waals surface area contributed by atoms with E-state index in [-0.39, 0.29) is 0 Å². The van der Waals surface area contributed by atoms with E-state index in [9.17, 15) is 0 Å². The predicted molar refractivity (Wildman–Crippen MR) is 205 cm³/mol. The molecule has 230 valence electrons. The lowest BCUT2D eigenvalue weighted by molar-refractivity contribution is 1.08. The molecule has 0 atom stereocenters. The molecule has 49 heavy (non-hydrogen) atoms. The first-order valence-corrected chi connectivity index (χ1v) is 17.2. The monoisotopic (exact) mass is 643 g/mol. The second-order valence-electron chi connectivity index (χ2n) is 12.1.